The number of ether oxygens (including phenoxy) is 2. The molecule has 0 aliphatic rings. The molecule has 116 valence electrons. The monoisotopic (exact) mass is 297 g/mol. The lowest BCUT2D eigenvalue weighted by molar-refractivity contribution is 0.0493. The number of alkyl carbamates (subject to hydrolysis) is 1. The molecule has 1 rings (SSSR count). The molecule has 0 aromatic heterocycles. The van der Waals surface area contributed by atoms with Crippen LogP contribution in [0.1, 0.15) is 38.1 Å². The summed E-state index contributed by atoms with van der Waals surface area (Å²) in [5.74, 6) is -0.242. The van der Waals surface area contributed by atoms with Crippen LogP contribution in [0.5, 0.6) is 5.75 Å². The molecule has 1 aromatic rings. The Hall–Kier alpha value is -2.11. The van der Waals surface area contributed by atoms with Crippen LogP contribution in [0.4, 0.5) is 9.18 Å². The molecule has 1 aromatic carbocycles. The van der Waals surface area contributed by atoms with Crippen LogP contribution in [0.3, 0.4) is 0 Å². The van der Waals surface area contributed by atoms with E-state index in [1.807, 2.05) is 0 Å². The number of benzene rings is 1. The van der Waals surface area contributed by atoms with Crippen molar-refractivity contribution in [3.63, 3.8) is 0 Å². The molecule has 0 aliphatic carbocycles. The molecule has 1 N–H and O–H groups in total. The fourth-order valence-electron chi connectivity index (χ4n) is 1.51. The molecule has 6 heteroatoms. The molecule has 0 saturated carbocycles. The van der Waals surface area contributed by atoms with E-state index in [0.29, 0.717) is 6.29 Å². The van der Waals surface area contributed by atoms with Gasteiger partial charge in [0, 0.05) is 0 Å². The van der Waals surface area contributed by atoms with Gasteiger partial charge in [-0.25, -0.2) is 9.18 Å². The van der Waals surface area contributed by atoms with Gasteiger partial charge in [-0.3, -0.25) is 4.79 Å². The van der Waals surface area contributed by atoms with Crippen LogP contribution in [0.15, 0.2) is 18.2 Å². The van der Waals surface area contributed by atoms with Gasteiger partial charge in [-0.2, -0.15) is 0 Å². The van der Waals surface area contributed by atoms with Gasteiger partial charge in [0.2, 0.25) is 0 Å². The number of carbonyl (C=O) groups excluding carboxylic acids is 2. The molecule has 0 unspecified atom stereocenters. The lowest BCUT2D eigenvalue weighted by Crippen LogP contribution is -2.40. The molecule has 21 heavy (non-hydrogen) atoms. The first-order chi connectivity index (χ1) is 9.71. The minimum atomic E-state index is -0.577. The third-order valence-electron chi connectivity index (χ3n) is 2.35. The van der Waals surface area contributed by atoms with Crippen LogP contribution in [-0.2, 0) is 4.74 Å². The van der Waals surface area contributed by atoms with Crippen molar-refractivity contribution >= 4 is 12.4 Å². The van der Waals surface area contributed by atoms with Gasteiger partial charge in [-0.15, -0.1) is 0 Å². The number of carbonyl (C=O) groups is 2. The van der Waals surface area contributed by atoms with Gasteiger partial charge >= 0.3 is 6.09 Å². The van der Waals surface area contributed by atoms with Crippen LogP contribution in [0.25, 0.3) is 0 Å². The first-order valence-corrected chi connectivity index (χ1v) is 6.58. The minimum Gasteiger partial charge on any atom is -0.491 e. The van der Waals surface area contributed by atoms with Crippen molar-refractivity contribution in [2.24, 2.45) is 0 Å². The topological polar surface area (TPSA) is 64.6 Å². The van der Waals surface area contributed by atoms with Gasteiger partial charge in [0.05, 0.1) is 11.6 Å². The fourth-order valence-corrected chi connectivity index (χ4v) is 1.51. The van der Waals surface area contributed by atoms with Gasteiger partial charge in [0.1, 0.15) is 23.8 Å². The average molecular weight is 297 g/mol. The van der Waals surface area contributed by atoms with E-state index in [1.54, 1.807) is 27.7 Å². The molecular formula is C15H20FNO4. The number of rotatable bonds is 5. The average Bonchev–Trinajstić information content (AvgIpc) is 2.34. The van der Waals surface area contributed by atoms with Crippen molar-refractivity contribution in [1.82, 2.24) is 5.32 Å². The van der Waals surface area contributed by atoms with Crippen LogP contribution in [-0.4, -0.2) is 30.6 Å². The van der Waals surface area contributed by atoms with Gasteiger partial charge in [-0.1, -0.05) is 0 Å². The number of nitrogens with one attached hydrogen (secondary N) is 1. The maximum Gasteiger partial charge on any atom is 0.407 e. The lowest BCUT2D eigenvalue weighted by atomic mass is 10.2. The Balaban J connectivity index is 2.52. The third-order valence-corrected chi connectivity index (χ3v) is 2.35. The Morgan fingerprint density at radius 1 is 1.43 bits per heavy atom. The smallest absolute Gasteiger partial charge is 0.407 e. The van der Waals surface area contributed by atoms with Crippen LogP contribution < -0.4 is 10.1 Å². The molecule has 5 nitrogen and oxygen atoms in total. The van der Waals surface area contributed by atoms with E-state index >= 15 is 0 Å². The fraction of sp³-hybridized carbons (Fsp3) is 0.467. The van der Waals surface area contributed by atoms with E-state index < -0.39 is 17.5 Å². The summed E-state index contributed by atoms with van der Waals surface area (Å²) in [5, 5.41) is 2.61. The van der Waals surface area contributed by atoms with E-state index in [9.17, 15) is 14.0 Å². The first kappa shape index (κ1) is 16.9. The molecule has 0 aliphatic heterocycles. The largest absolute Gasteiger partial charge is 0.491 e. The van der Waals surface area contributed by atoms with Crippen molar-refractivity contribution in [2.45, 2.75) is 39.3 Å². The Morgan fingerprint density at radius 3 is 2.67 bits per heavy atom. The molecule has 0 heterocycles. The van der Waals surface area contributed by atoms with E-state index in [2.05, 4.69) is 5.32 Å². The second kappa shape index (κ2) is 7.06. The SMILES string of the molecule is C[C@H](COc1ccc(F)cc1C=O)NC(=O)OC(C)(C)C. The summed E-state index contributed by atoms with van der Waals surface area (Å²) < 4.78 is 23.5. The molecule has 0 spiro atoms. The van der Waals surface area contributed by atoms with Crippen molar-refractivity contribution in [3.05, 3.63) is 29.6 Å². The number of aldehydes is 1. The van der Waals surface area contributed by atoms with Crippen LogP contribution in [0, 0.1) is 5.82 Å². The van der Waals surface area contributed by atoms with Crippen molar-refractivity contribution in [1.29, 1.82) is 0 Å². The Bertz CT molecular complexity index is 511. The molecule has 0 radical (unpaired) electrons. The number of hydrogen-bond acceptors (Lipinski definition) is 4. The van der Waals surface area contributed by atoms with Crippen molar-refractivity contribution in [2.75, 3.05) is 6.61 Å². The maximum absolute atomic E-state index is 13.0. The highest BCUT2D eigenvalue weighted by Crippen LogP contribution is 2.18. The maximum atomic E-state index is 13.0. The Kier molecular flexibility index (Phi) is 5.69. The summed E-state index contributed by atoms with van der Waals surface area (Å²) in [7, 11) is 0. The minimum absolute atomic E-state index is 0.125. The highest BCUT2D eigenvalue weighted by molar-refractivity contribution is 5.79. The second-order valence-electron chi connectivity index (χ2n) is 5.66. The Morgan fingerprint density at radius 2 is 2.10 bits per heavy atom. The summed E-state index contributed by atoms with van der Waals surface area (Å²) in [6.07, 6.45) is -0.0296. The number of hydrogen-bond donors (Lipinski definition) is 1. The van der Waals surface area contributed by atoms with Gasteiger partial charge in [0.25, 0.3) is 0 Å². The zero-order valence-electron chi connectivity index (χ0n) is 12.6. The van der Waals surface area contributed by atoms with Crippen LogP contribution >= 0.6 is 0 Å². The summed E-state index contributed by atoms with van der Waals surface area (Å²) >= 11 is 0. The first-order valence-electron chi connectivity index (χ1n) is 6.58. The second-order valence-corrected chi connectivity index (χ2v) is 5.66. The Labute approximate surface area is 123 Å². The highest BCUT2D eigenvalue weighted by atomic mass is 19.1. The van der Waals surface area contributed by atoms with Gasteiger partial charge in [-0.05, 0) is 45.9 Å². The quantitative estimate of drug-likeness (QED) is 0.849. The molecule has 1 atom stereocenters. The van der Waals surface area contributed by atoms with Gasteiger partial charge in [0.15, 0.2) is 6.29 Å². The molecule has 0 fully saturated rings. The lowest BCUT2D eigenvalue weighted by Gasteiger charge is -2.22. The number of halogens is 1. The van der Waals surface area contributed by atoms with Gasteiger partial charge < -0.3 is 14.8 Å². The molecule has 1 amide bonds. The highest BCUT2D eigenvalue weighted by Gasteiger charge is 2.18. The predicted octanol–water partition coefficient (Wildman–Crippen LogP) is 2.93. The van der Waals surface area contributed by atoms with Crippen LogP contribution in [0.2, 0.25) is 0 Å². The van der Waals surface area contributed by atoms with Crippen molar-refractivity contribution < 1.29 is 23.5 Å². The zero-order valence-corrected chi connectivity index (χ0v) is 12.6. The summed E-state index contributed by atoms with van der Waals surface area (Å²) in [6, 6.07) is 3.34. The normalized spacial score (nSPS) is 12.4. The van der Waals surface area contributed by atoms with E-state index in [4.69, 9.17) is 9.47 Å². The van der Waals surface area contributed by atoms with E-state index in [0.717, 1.165) is 6.07 Å². The summed E-state index contributed by atoms with van der Waals surface area (Å²) in [6.45, 7) is 7.16. The molecular weight excluding hydrogens is 277 g/mol. The summed E-state index contributed by atoms with van der Waals surface area (Å²) in [4.78, 5) is 22.4. The molecule has 0 bridgehead atoms. The summed E-state index contributed by atoms with van der Waals surface area (Å²) in [5.41, 5.74) is -0.453. The van der Waals surface area contributed by atoms with Crippen molar-refractivity contribution in [3.8, 4) is 5.75 Å². The van der Waals surface area contributed by atoms with E-state index in [-0.39, 0.29) is 24.0 Å². The zero-order chi connectivity index (χ0) is 16.0. The number of amides is 1. The predicted molar refractivity (Wildman–Crippen MR) is 76.1 cm³/mol. The van der Waals surface area contributed by atoms with E-state index in [1.165, 1.54) is 12.1 Å². The third kappa shape index (κ3) is 6.25. The standard InChI is InChI=1S/C15H20FNO4/c1-10(17-14(19)21-15(2,3)4)9-20-13-6-5-12(16)7-11(13)8-18/h5-8,10H,9H2,1-4H3,(H,17,19)/t10-/m1/s1. The molecule has 0 saturated heterocycles.